The van der Waals surface area contributed by atoms with Crippen molar-refractivity contribution in [3.8, 4) is 5.75 Å². The van der Waals surface area contributed by atoms with Gasteiger partial charge in [0.05, 0.1) is 18.8 Å². The Labute approximate surface area is 171 Å². The van der Waals surface area contributed by atoms with Gasteiger partial charge in [-0.3, -0.25) is 9.59 Å². The van der Waals surface area contributed by atoms with Crippen molar-refractivity contribution in [3.05, 3.63) is 59.2 Å². The molecule has 0 bridgehead atoms. The van der Waals surface area contributed by atoms with Crippen LogP contribution < -0.4 is 20.7 Å². The van der Waals surface area contributed by atoms with Crippen LogP contribution in [-0.2, 0) is 22.6 Å². The maximum Gasteiger partial charge on any atom is 0.246 e. The van der Waals surface area contributed by atoms with Gasteiger partial charge < -0.3 is 20.7 Å². The van der Waals surface area contributed by atoms with E-state index in [0.29, 0.717) is 24.4 Å². The number of nitrogens with one attached hydrogen (secondary N) is 3. The fourth-order valence-corrected chi connectivity index (χ4v) is 3.18. The fourth-order valence-electron chi connectivity index (χ4n) is 3.18. The molecule has 6 nitrogen and oxygen atoms in total. The zero-order valence-corrected chi connectivity index (χ0v) is 17.1. The second kappa shape index (κ2) is 9.57. The third kappa shape index (κ3) is 5.03. The van der Waals surface area contributed by atoms with Crippen molar-refractivity contribution >= 4 is 29.9 Å². The molecule has 0 aliphatic carbocycles. The number of methoxy groups -OCH3 is 1. The highest BCUT2D eigenvalue weighted by Crippen LogP contribution is 2.25. The summed E-state index contributed by atoms with van der Waals surface area (Å²) < 4.78 is 5.28. The van der Waals surface area contributed by atoms with Crippen LogP contribution in [0.15, 0.2) is 42.5 Å². The van der Waals surface area contributed by atoms with Crippen molar-refractivity contribution in [1.82, 2.24) is 10.6 Å². The summed E-state index contributed by atoms with van der Waals surface area (Å²) in [7, 11) is 1.55. The lowest BCUT2D eigenvalue weighted by molar-refractivity contribution is -0.127. The summed E-state index contributed by atoms with van der Waals surface area (Å²) >= 11 is 0. The minimum absolute atomic E-state index is 0. The summed E-state index contributed by atoms with van der Waals surface area (Å²) in [4.78, 5) is 25.1. The maximum absolute atomic E-state index is 12.6. The lowest BCUT2D eigenvalue weighted by Gasteiger charge is -2.26. The molecule has 0 spiro atoms. The number of fused-ring (bicyclic) bond motifs is 1. The van der Waals surface area contributed by atoms with E-state index >= 15 is 0 Å². The molecule has 2 aromatic rings. The minimum atomic E-state index is -0.665. The first-order chi connectivity index (χ1) is 13.0. The molecule has 1 heterocycles. The van der Waals surface area contributed by atoms with Crippen molar-refractivity contribution in [2.24, 2.45) is 0 Å². The van der Waals surface area contributed by atoms with Gasteiger partial charge in [0.2, 0.25) is 11.8 Å². The predicted molar refractivity (Wildman–Crippen MR) is 112 cm³/mol. The minimum Gasteiger partial charge on any atom is -0.495 e. The van der Waals surface area contributed by atoms with Gasteiger partial charge in [-0.1, -0.05) is 30.3 Å². The average Bonchev–Trinajstić information content (AvgIpc) is 2.67. The van der Waals surface area contributed by atoms with Gasteiger partial charge in [-0.2, -0.15) is 0 Å². The van der Waals surface area contributed by atoms with Gasteiger partial charge in [-0.25, -0.2) is 0 Å². The molecule has 150 valence electrons. The Morgan fingerprint density at radius 3 is 2.61 bits per heavy atom. The normalized spacial score (nSPS) is 16.2. The number of ether oxygens (including phenoxy) is 1. The van der Waals surface area contributed by atoms with E-state index in [9.17, 15) is 9.59 Å². The SMILES string of the molecule is COc1ccc(C)cc1NC(=O)[C@H](C)NC(=O)[C@@H]1Cc2ccccc2CN1.Cl. The number of amides is 2. The van der Waals surface area contributed by atoms with Crippen molar-refractivity contribution < 1.29 is 14.3 Å². The lowest BCUT2D eigenvalue weighted by Crippen LogP contribution is -2.52. The van der Waals surface area contributed by atoms with Crippen LogP contribution in [0, 0.1) is 6.92 Å². The third-order valence-electron chi connectivity index (χ3n) is 4.76. The average molecular weight is 404 g/mol. The summed E-state index contributed by atoms with van der Waals surface area (Å²) in [6, 6.07) is 12.6. The molecule has 1 aliphatic rings. The molecule has 1 aliphatic heterocycles. The largest absolute Gasteiger partial charge is 0.495 e. The molecule has 0 saturated carbocycles. The van der Waals surface area contributed by atoms with E-state index in [1.165, 1.54) is 5.56 Å². The Morgan fingerprint density at radius 1 is 1.18 bits per heavy atom. The standard InChI is InChI=1S/C21H25N3O3.ClH/c1-13-8-9-19(27-3)17(10-13)24-20(25)14(2)23-21(26)18-11-15-6-4-5-7-16(15)12-22-18;/h4-10,14,18,22H,11-12H2,1-3H3,(H,23,26)(H,24,25);1H/t14-,18-;/m0./s1. The van der Waals surface area contributed by atoms with Crippen LogP contribution in [0.1, 0.15) is 23.6 Å². The Balaban J connectivity index is 0.00000280. The molecular formula is C21H26ClN3O3. The van der Waals surface area contributed by atoms with Crippen LogP contribution in [0.3, 0.4) is 0 Å². The van der Waals surface area contributed by atoms with Crippen LogP contribution in [0.2, 0.25) is 0 Å². The molecule has 7 heteroatoms. The zero-order valence-electron chi connectivity index (χ0n) is 16.2. The van der Waals surface area contributed by atoms with Crippen LogP contribution in [0.4, 0.5) is 5.69 Å². The Hall–Kier alpha value is -2.57. The van der Waals surface area contributed by atoms with Crippen LogP contribution in [-0.4, -0.2) is 31.0 Å². The van der Waals surface area contributed by atoms with E-state index in [-0.39, 0.29) is 30.3 Å². The second-order valence-electron chi connectivity index (χ2n) is 6.83. The molecule has 0 saturated heterocycles. The van der Waals surface area contributed by atoms with Gasteiger partial charge in [0.25, 0.3) is 0 Å². The number of hydrogen-bond donors (Lipinski definition) is 3. The van der Waals surface area contributed by atoms with Gasteiger partial charge in [-0.15, -0.1) is 12.4 Å². The van der Waals surface area contributed by atoms with Gasteiger partial charge in [-0.05, 0) is 49.1 Å². The van der Waals surface area contributed by atoms with Crippen molar-refractivity contribution in [2.75, 3.05) is 12.4 Å². The van der Waals surface area contributed by atoms with E-state index in [1.54, 1.807) is 20.1 Å². The molecule has 0 radical (unpaired) electrons. The smallest absolute Gasteiger partial charge is 0.246 e. The number of hydrogen-bond acceptors (Lipinski definition) is 4. The summed E-state index contributed by atoms with van der Waals surface area (Å²) in [6.45, 7) is 4.26. The molecule has 3 rings (SSSR count). The Bertz CT molecular complexity index is 857. The molecular weight excluding hydrogens is 378 g/mol. The van der Waals surface area contributed by atoms with Crippen molar-refractivity contribution in [2.45, 2.75) is 38.9 Å². The summed E-state index contributed by atoms with van der Waals surface area (Å²) in [5, 5.41) is 8.86. The molecule has 0 fully saturated rings. The number of carbonyl (C=O) groups is 2. The topological polar surface area (TPSA) is 79.5 Å². The second-order valence-corrected chi connectivity index (χ2v) is 6.83. The first-order valence-electron chi connectivity index (χ1n) is 9.04. The first-order valence-corrected chi connectivity index (χ1v) is 9.04. The van der Waals surface area contributed by atoms with Gasteiger partial charge >= 0.3 is 0 Å². The first kappa shape index (κ1) is 21.7. The number of rotatable bonds is 5. The van der Waals surface area contributed by atoms with Gasteiger partial charge in [0.1, 0.15) is 11.8 Å². The quantitative estimate of drug-likeness (QED) is 0.717. The Kier molecular flexibility index (Phi) is 7.43. The molecule has 2 aromatic carbocycles. The number of benzene rings is 2. The maximum atomic E-state index is 12.6. The van der Waals surface area contributed by atoms with E-state index < -0.39 is 6.04 Å². The molecule has 28 heavy (non-hydrogen) atoms. The lowest BCUT2D eigenvalue weighted by atomic mass is 9.95. The third-order valence-corrected chi connectivity index (χ3v) is 4.76. The fraction of sp³-hybridized carbons (Fsp3) is 0.333. The highest BCUT2D eigenvalue weighted by molar-refractivity contribution is 5.98. The summed E-state index contributed by atoms with van der Waals surface area (Å²) in [5.41, 5.74) is 3.97. The van der Waals surface area contributed by atoms with Crippen LogP contribution in [0.25, 0.3) is 0 Å². The summed E-state index contributed by atoms with van der Waals surface area (Å²) in [6.07, 6.45) is 0.613. The van der Waals surface area contributed by atoms with E-state index in [1.807, 2.05) is 37.3 Å². The predicted octanol–water partition coefficient (Wildman–Crippen LogP) is 2.58. The Morgan fingerprint density at radius 2 is 1.89 bits per heavy atom. The molecule has 3 N–H and O–H groups in total. The molecule has 2 atom stereocenters. The zero-order chi connectivity index (χ0) is 19.4. The highest BCUT2D eigenvalue weighted by atomic mass is 35.5. The van der Waals surface area contributed by atoms with Gasteiger partial charge in [0, 0.05) is 6.54 Å². The number of halogens is 1. The van der Waals surface area contributed by atoms with E-state index in [0.717, 1.165) is 11.1 Å². The number of carbonyl (C=O) groups excluding carboxylic acids is 2. The summed E-state index contributed by atoms with van der Waals surface area (Å²) in [5.74, 6) is 0.116. The molecule has 0 aromatic heterocycles. The van der Waals surface area contributed by atoms with Crippen molar-refractivity contribution in [3.63, 3.8) is 0 Å². The van der Waals surface area contributed by atoms with Gasteiger partial charge in [0.15, 0.2) is 0 Å². The molecule has 2 amide bonds. The van der Waals surface area contributed by atoms with E-state index in [2.05, 4.69) is 22.0 Å². The molecule has 0 unspecified atom stereocenters. The van der Waals surface area contributed by atoms with Crippen LogP contribution in [0.5, 0.6) is 5.75 Å². The monoisotopic (exact) mass is 403 g/mol. The highest BCUT2D eigenvalue weighted by Gasteiger charge is 2.26. The number of anilines is 1. The van der Waals surface area contributed by atoms with Crippen molar-refractivity contribution in [1.29, 1.82) is 0 Å². The van der Waals surface area contributed by atoms with E-state index in [4.69, 9.17) is 4.74 Å². The number of aryl methyl sites for hydroxylation is 1. The van der Waals surface area contributed by atoms with Crippen LogP contribution >= 0.6 is 12.4 Å².